The molecule has 0 aliphatic rings. The lowest BCUT2D eigenvalue weighted by molar-refractivity contribution is -0.146. The predicted octanol–water partition coefficient (Wildman–Crippen LogP) is 2.70. The monoisotopic (exact) mass is 321 g/mol. The van der Waals surface area contributed by atoms with Gasteiger partial charge in [-0.3, -0.25) is 4.79 Å². The molecule has 4 nitrogen and oxygen atoms in total. The summed E-state index contributed by atoms with van der Waals surface area (Å²) in [5, 5.41) is 2.60. The zero-order valence-electron chi connectivity index (χ0n) is 10.8. The van der Waals surface area contributed by atoms with Gasteiger partial charge in [0.15, 0.2) is 0 Å². The number of halogens is 1. The standard InChI is InChI=1S/C12H16ClNO3S2/c1-3-17-12(16)8(2)14-11(15)7-18-6-9-4-5-10(13)19-9/h4-5,8H,3,6-7H2,1-2H3,(H,14,15). The molecular weight excluding hydrogens is 306 g/mol. The van der Waals surface area contributed by atoms with E-state index in [0.717, 1.165) is 15.0 Å². The summed E-state index contributed by atoms with van der Waals surface area (Å²) < 4.78 is 5.55. The first-order valence-corrected chi connectivity index (χ1v) is 8.15. The molecule has 0 bridgehead atoms. The van der Waals surface area contributed by atoms with Crippen LogP contribution in [-0.2, 0) is 20.1 Å². The van der Waals surface area contributed by atoms with Gasteiger partial charge < -0.3 is 10.1 Å². The van der Waals surface area contributed by atoms with E-state index < -0.39 is 12.0 Å². The number of rotatable bonds is 7. The lowest BCUT2D eigenvalue weighted by atomic mass is 10.3. The summed E-state index contributed by atoms with van der Waals surface area (Å²) in [5.41, 5.74) is 0. The van der Waals surface area contributed by atoms with Crippen molar-refractivity contribution in [2.75, 3.05) is 12.4 Å². The first-order chi connectivity index (χ1) is 9.02. The van der Waals surface area contributed by atoms with Crippen molar-refractivity contribution in [3.63, 3.8) is 0 Å². The van der Waals surface area contributed by atoms with Crippen LogP contribution in [0, 0.1) is 0 Å². The second-order valence-electron chi connectivity index (χ2n) is 3.74. The molecule has 1 amide bonds. The van der Waals surface area contributed by atoms with Crippen molar-refractivity contribution in [1.82, 2.24) is 5.32 Å². The fourth-order valence-electron chi connectivity index (χ4n) is 1.28. The summed E-state index contributed by atoms with van der Waals surface area (Å²) in [7, 11) is 0. The minimum atomic E-state index is -0.607. The van der Waals surface area contributed by atoms with E-state index in [0.29, 0.717) is 12.4 Å². The van der Waals surface area contributed by atoms with Crippen LogP contribution in [0.5, 0.6) is 0 Å². The molecule has 7 heteroatoms. The first-order valence-electron chi connectivity index (χ1n) is 5.81. The average Bonchev–Trinajstić information content (AvgIpc) is 2.75. The van der Waals surface area contributed by atoms with Crippen LogP contribution in [0.15, 0.2) is 12.1 Å². The third kappa shape index (κ3) is 6.31. The van der Waals surface area contributed by atoms with Crippen LogP contribution < -0.4 is 5.32 Å². The number of nitrogens with one attached hydrogen (secondary N) is 1. The van der Waals surface area contributed by atoms with E-state index in [1.807, 2.05) is 12.1 Å². The number of carbonyl (C=O) groups is 2. The number of thioether (sulfide) groups is 1. The van der Waals surface area contributed by atoms with Gasteiger partial charge in [-0.25, -0.2) is 4.79 Å². The molecule has 1 aromatic heterocycles. The molecule has 0 aliphatic heterocycles. The van der Waals surface area contributed by atoms with Gasteiger partial charge in [0.25, 0.3) is 0 Å². The van der Waals surface area contributed by atoms with Gasteiger partial charge in [0.1, 0.15) is 6.04 Å². The smallest absolute Gasteiger partial charge is 0.328 e. The van der Waals surface area contributed by atoms with Crippen molar-refractivity contribution < 1.29 is 14.3 Å². The Morgan fingerprint density at radius 3 is 2.84 bits per heavy atom. The van der Waals surface area contributed by atoms with Gasteiger partial charge in [0.2, 0.25) is 5.91 Å². The highest BCUT2D eigenvalue weighted by molar-refractivity contribution is 7.99. The normalized spacial score (nSPS) is 11.9. The van der Waals surface area contributed by atoms with Crippen molar-refractivity contribution in [2.45, 2.75) is 25.6 Å². The second-order valence-corrected chi connectivity index (χ2v) is 6.53. The molecule has 0 radical (unpaired) electrons. The van der Waals surface area contributed by atoms with Gasteiger partial charge in [0.05, 0.1) is 16.7 Å². The number of ether oxygens (including phenoxy) is 1. The number of hydrogen-bond donors (Lipinski definition) is 1. The lowest BCUT2D eigenvalue weighted by Crippen LogP contribution is -2.40. The van der Waals surface area contributed by atoms with Gasteiger partial charge in [-0.1, -0.05) is 11.6 Å². The van der Waals surface area contributed by atoms with Crippen LogP contribution in [0.3, 0.4) is 0 Å². The summed E-state index contributed by atoms with van der Waals surface area (Å²) in [6, 6.07) is 3.17. The highest BCUT2D eigenvalue weighted by Crippen LogP contribution is 2.24. The molecule has 0 fully saturated rings. The highest BCUT2D eigenvalue weighted by Gasteiger charge is 2.16. The maximum Gasteiger partial charge on any atom is 0.328 e. The SMILES string of the molecule is CCOC(=O)C(C)NC(=O)CSCc1ccc(Cl)s1. The Labute approximate surface area is 125 Å². The number of amides is 1. The maximum atomic E-state index is 11.6. The quantitative estimate of drug-likeness (QED) is 0.785. The maximum absolute atomic E-state index is 11.6. The van der Waals surface area contributed by atoms with E-state index in [2.05, 4.69) is 5.32 Å². The topological polar surface area (TPSA) is 55.4 Å². The Morgan fingerprint density at radius 1 is 1.53 bits per heavy atom. The molecule has 0 spiro atoms. The number of carbonyl (C=O) groups excluding carboxylic acids is 2. The van der Waals surface area contributed by atoms with Crippen molar-refractivity contribution in [2.24, 2.45) is 0 Å². The van der Waals surface area contributed by atoms with Gasteiger partial charge in [-0.15, -0.1) is 23.1 Å². The third-order valence-electron chi connectivity index (χ3n) is 2.12. The van der Waals surface area contributed by atoms with Crippen molar-refractivity contribution >= 4 is 46.6 Å². The number of esters is 1. The molecule has 1 heterocycles. The Bertz CT molecular complexity index is 436. The van der Waals surface area contributed by atoms with Crippen LogP contribution in [0.1, 0.15) is 18.7 Å². The molecule has 1 unspecified atom stereocenters. The third-order valence-corrected chi connectivity index (χ3v) is 4.52. The zero-order chi connectivity index (χ0) is 14.3. The zero-order valence-corrected chi connectivity index (χ0v) is 13.2. The fraction of sp³-hybridized carbons (Fsp3) is 0.500. The largest absolute Gasteiger partial charge is 0.464 e. The van der Waals surface area contributed by atoms with Crippen molar-refractivity contribution in [3.8, 4) is 0 Å². The van der Waals surface area contributed by atoms with E-state index in [9.17, 15) is 9.59 Å². The molecule has 1 atom stereocenters. The molecule has 106 valence electrons. The molecule has 0 saturated heterocycles. The predicted molar refractivity (Wildman–Crippen MR) is 79.7 cm³/mol. The molecule has 19 heavy (non-hydrogen) atoms. The molecule has 0 aromatic carbocycles. The summed E-state index contributed by atoms with van der Waals surface area (Å²) in [5.74, 6) is 0.455. The molecule has 0 saturated carbocycles. The van der Waals surface area contributed by atoms with Gasteiger partial charge in [-0.2, -0.15) is 0 Å². The Balaban J connectivity index is 2.22. The first kappa shape index (κ1) is 16.3. The average molecular weight is 322 g/mol. The molecule has 0 aliphatic carbocycles. The minimum absolute atomic E-state index is 0.173. The molecule has 1 rings (SSSR count). The minimum Gasteiger partial charge on any atom is -0.464 e. The Kier molecular flexibility index (Phi) is 7.27. The number of thiophene rings is 1. The van der Waals surface area contributed by atoms with Crippen molar-refractivity contribution in [1.29, 1.82) is 0 Å². The summed E-state index contributed by atoms with van der Waals surface area (Å²) in [4.78, 5) is 24.0. The molecule has 1 N–H and O–H groups in total. The Hall–Kier alpha value is -0.720. The van der Waals surface area contributed by atoms with E-state index in [1.165, 1.54) is 23.1 Å². The summed E-state index contributed by atoms with van der Waals surface area (Å²) >= 11 is 8.80. The van der Waals surface area contributed by atoms with E-state index in [-0.39, 0.29) is 5.91 Å². The highest BCUT2D eigenvalue weighted by atomic mass is 35.5. The van der Waals surface area contributed by atoms with Gasteiger partial charge >= 0.3 is 5.97 Å². The summed E-state index contributed by atoms with van der Waals surface area (Å²) in [6.07, 6.45) is 0. The van der Waals surface area contributed by atoms with E-state index in [1.54, 1.807) is 13.8 Å². The van der Waals surface area contributed by atoms with Crippen LogP contribution in [0.4, 0.5) is 0 Å². The van der Waals surface area contributed by atoms with Gasteiger partial charge in [-0.05, 0) is 26.0 Å². The summed E-state index contributed by atoms with van der Waals surface area (Å²) in [6.45, 7) is 3.65. The molecule has 1 aromatic rings. The lowest BCUT2D eigenvalue weighted by Gasteiger charge is -2.12. The van der Waals surface area contributed by atoms with Crippen LogP contribution in [0.2, 0.25) is 4.34 Å². The van der Waals surface area contributed by atoms with Crippen LogP contribution in [-0.4, -0.2) is 30.3 Å². The van der Waals surface area contributed by atoms with E-state index in [4.69, 9.17) is 16.3 Å². The number of hydrogen-bond acceptors (Lipinski definition) is 5. The molecular formula is C12H16ClNO3S2. The van der Waals surface area contributed by atoms with Crippen LogP contribution in [0.25, 0.3) is 0 Å². The van der Waals surface area contributed by atoms with Crippen LogP contribution >= 0.6 is 34.7 Å². The van der Waals surface area contributed by atoms with Crippen molar-refractivity contribution in [3.05, 3.63) is 21.3 Å². The fourth-order valence-corrected chi connectivity index (χ4v) is 3.32. The van der Waals surface area contributed by atoms with E-state index >= 15 is 0 Å². The van der Waals surface area contributed by atoms with Gasteiger partial charge in [0, 0.05) is 10.6 Å². The second kappa shape index (κ2) is 8.45. The Morgan fingerprint density at radius 2 is 2.26 bits per heavy atom.